The summed E-state index contributed by atoms with van der Waals surface area (Å²) in [7, 11) is 3.80. The van der Waals surface area contributed by atoms with E-state index < -0.39 is 0 Å². The van der Waals surface area contributed by atoms with E-state index >= 15 is 0 Å². The second-order valence-electron chi connectivity index (χ2n) is 4.07. The Bertz CT molecular complexity index is 519. The molecular weight excluding hydrogens is 228 g/mol. The first kappa shape index (κ1) is 12.3. The van der Waals surface area contributed by atoms with E-state index in [4.69, 9.17) is 0 Å². The third-order valence-electron chi connectivity index (χ3n) is 2.92. The molecule has 0 spiro atoms. The Morgan fingerprint density at radius 3 is 2.72 bits per heavy atom. The molecule has 2 aromatic heterocycles. The van der Waals surface area contributed by atoms with Gasteiger partial charge in [0.15, 0.2) is 0 Å². The second kappa shape index (κ2) is 5.48. The van der Waals surface area contributed by atoms with Crippen LogP contribution in [0, 0.1) is 6.92 Å². The second-order valence-corrected chi connectivity index (χ2v) is 4.07. The summed E-state index contributed by atoms with van der Waals surface area (Å²) in [6.07, 6.45) is 4.28. The molecule has 0 aliphatic heterocycles. The van der Waals surface area contributed by atoms with Crippen molar-refractivity contribution in [2.45, 2.75) is 13.3 Å². The predicted octanol–water partition coefficient (Wildman–Crippen LogP) is 1.21. The van der Waals surface area contributed by atoms with E-state index in [-0.39, 0.29) is 0 Å². The van der Waals surface area contributed by atoms with Crippen LogP contribution >= 0.6 is 0 Å². The fourth-order valence-electron chi connectivity index (χ4n) is 1.84. The van der Waals surface area contributed by atoms with Crippen molar-refractivity contribution < 1.29 is 0 Å². The van der Waals surface area contributed by atoms with Gasteiger partial charge in [0.1, 0.15) is 18.0 Å². The summed E-state index contributed by atoms with van der Waals surface area (Å²) in [6.45, 7) is 2.82. The minimum absolute atomic E-state index is 0.820. The summed E-state index contributed by atoms with van der Waals surface area (Å²) in [5, 5.41) is 10.5. The summed E-state index contributed by atoms with van der Waals surface area (Å²) in [5.41, 5.74) is 2.23. The zero-order valence-corrected chi connectivity index (χ0v) is 10.9. The summed E-state index contributed by atoms with van der Waals surface area (Å²) < 4.78 is 1.88. The molecule has 0 saturated carbocycles. The van der Waals surface area contributed by atoms with Gasteiger partial charge in [0.2, 0.25) is 0 Å². The van der Waals surface area contributed by atoms with Gasteiger partial charge in [0.05, 0.1) is 0 Å². The molecule has 0 unspecified atom stereocenters. The van der Waals surface area contributed by atoms with Gasteiger partial charge in [-0.2, -0.15) is 5.10 Å². The Morgan fingerprint density at radius 2 is 2.06 bits per heavy atom. The lowest BCUT2D eigenvalue weighted by Crippen LogP contribution is -2.11. The normalized spacial score (nSPS) is 10.4. The van der Waals surface area contributed by atoms with Crippen LogP contribution in [0.4, 0.5) is 11.6 Å². The highest BCUT2D eigenvalue weighted by Gasteiger charge is 2.05. The lowest BCUT2D eigenvalue weighted by atomic mass is 10.3. The molecule has 0 aromatic carbocycles. The van der Waals surface area contributed by atoms with Gasteiger partial charge >= 0.3 is 0 Å². The maximum absolute atomic E-state index is 4.24. The van der Waals surface area contributed by atoms with Gasteiger partial charge in [-0.3, -0.25) is 4.68 Å². The molecule has 2 heterocycles. The fourth-order valence-corrected chi connectivity index (χ4v) is 1.84. The number of nitrogens with one attached hydrogen (secondary N) is 2. The molecule has 6 heteroatoms. The largest absolute Gasteiger partial charge is 0.373 e. The predicted molar refractivity (Wildman–Crippen MR) is 71.7 cm³/mol. The monoisotopic (exact) mass is 246 g/mol. The van der Waals surface area contributed by atoms with Gasteiger partial charge in [-0.1, -0.05) is 0 Å². The molecule has 0 aliphatic carbocycles. The number of hydrogen-bond donors (Lipinski definition) is 2. The van der Waals surface area contributed by atoms with Gasteiger partial charge in [-0.15, -0.1) is 0 Å². The van der Waals surface area contributed by atoms with E-state index in [0.717, 1.165) is 30.2 Å². The third kappa shape index (κ3) is 2.58. The quantitative estimate of drug-likeness (QED) is 0.830. The highest BCUT2D eigenvalue weighted by Crippen LogP contribution is 2.17. The lowest BCUT2D eigenvalue weighted by Gasteiger charge is -2.10. The number of anilines is 2. The molecule has 0 amide bonds. The summed E-state index contributed by atoms with van der Waals surface area (Å²) >= 11 is 0. The van der Waals surface area contributed by atoms with E-state index in [9.17, 15) is 0 Å². The van der Waals surface area contributed by atoms with Crippen LogP contribution in [0.3, 0.4) is 0 Å². The van der Waals surface area contributed by atoms with Crippen LogP contribution in [-0.4, -0.2) is 33.3 Å². The zero-order valence-electron chi connectivity index (χ0n) is 10.9. The third-order valence-corrected chi connectivity index (χ3v) is 2.92. The topological polar surface area (TPSA) is 67.7 Å². The van der Waals surface area contributed by atoms with Crippen LogP contribution in [0.25, 0.3) is 0 Å². The molecule has 2 N–H and O–H groups in total. The van der Waals surface area contributed by atoms with Crippen LogP contribution in [-0.2, 0) is 13.5 Å². The molecule has 96 valence electrons. The van der Waals surface area contributed by atoms with Crippen molar-refractivity contribution in [2.75, 3.05) is 24.2 Å². The molecule has 18 heavy (non-hydrogen) atoms. The molecule has 2 aromatic rings. The Kier molecular flexibility index (Phi) is 3.76. The first-order valence-corrected chi connectivity index (χ1v) is 5.92. The number of aryl methyl sites for hydroxylation is 1. The van der Waals surface area contributed by atoms with E-state index in [2.05, 4.69) is 25.7 Å². The SMILES string of the molecule is CNc1ncnc(NCCc2ccnn2C)c1C. The van der Waals surface area contributed by atoms with Gasteiger partial charge in [-0.25, -0.2) is 9.97 Å². The average Bonchev–Trinajstić information content (AvgIpc) is 2.77. The van der Waals surface area contributed by atoms with E-state index in [1.165, 1.54) is 5.69 Å². The number of nitrogens with zero attached hydrogens (tertiary/aromatic N) is 4. The van der Waals surface area contributed by atoms with E-state index in [1.807, 2.05) is 38.0 Å². The fraction of sp³-hybridized carbons (Fsp3) is 0.417. The van der Waals surface area contributed by atoms with Crippen molar-refractivity contribution in [1.82, 2.24) is 19.7 Å². The van der Waals surface area contributed by atoms with Crippen molar-refractivity contribution in [1.29, 1.82) is 0 Å². The van der Waals surface area contributed by atoms with Crippen molar-refractivity contribution in [2.24, 2.45) is 7.05 Å². The smallest absolute Gasteiger partial charge is 0.134 e. The summed E-state index contributed by atoms with van der Waals surface area (Å²) in [4.78, 5) is 8.40. The molecule has 0 fully saturated rings. The molecular formula is C12H18N6. The molecule has 0 saturated heterocycles. The number of hydrogen-bond acceptors (Lipinski definition) is 5. The van der Waals surface area contributed by atoms with Crippen LogP contribution in [0.5, 0.6) is 0 Å². The Hall–Kier alpha value is -2.11. The molecule has 2 rings (SSSR count). The maximum atomic E-state index is 4.24. The minimum atomic E-state index is 0.820. The van der Waals surface area contributed by atoms with Gasteiger partial charge in [-0.05, 0) is 13.0 Å². The van der Waals surface area contributed by atoms with Crippen molar-refractivity contribution in [3.63, 3.8) is 0 Å². The molecule has 0 atom stereocenters. The van der Waals surface area contributed by atoms with Crippen molar-refractivity contribution in [3.05, 3.63) is 29.8 Å². The standard InChI is InChI=1S/C12H18N6/c1-9-11(13-2)15-8-16-12(9)14-6-4-10-5-7-17-18(10)3/h5,7-8H,4,6H2,1-3H3,(H2,13,14,15,16). The molecule has 0 aliphatic rings. The first-order chi connectivity index (χ1) is 8.72. The lowest BCUT2D eigenvalue weighted by molar-refractivity contribution is 0.711. The van der Waals surface area contributed by atoms with E-state index in [0.29, 0.717) is 0 Å². The highest BCUT2D eigenvalue weighted by atomic mass is 15.3. The van der Waals surface area contributed by atoms with Crippen LogP contribution in [0.15, 0.2) is 18.6 Å². The zero-order chi connectivity index (χ0) is 13.0. The van der Waals surface area contributed by atoms with Crippen LogP contribution in [0.1, 0.15) is 11.3 Å². The van der Waals surface area contributed by atoms with E-state index in [1.54, 1.807) is 6.33 Å². The Balaban J connectivity index is 1.96. The Morgan fingerprint density at radius 1 is 1.28 bits per heavy atom. The first-order valence-electron chi connectivity index (χ1n) is 5.92. The molecule has 6 nitrogen and oxygen atoms in total. The van der Waals surface area contributed by atoms with Gasteiger partial charge in [0.25, 0.3) is 0 Å². The summed E-state index contributed by atoms with van der Waals surface area (Å²) in [5.74, 6) is 1.73. The van der Waals surface area contributed by atoms with Crippen LogP contribution < -0.4 is 10.6 Å². The average molecular weight is 246 g/mol. The summed E-state index contributed by atoms with van der Waals surface area (Å²) in [6, 6.07) is 2.02. The van der Waals surface area contributed by atoms with Crippen molar-refractivity contribution in [3.8, 4) is 0 Å². The number of rotatable bonds is 5. The Labute approximate surface area is 106 Å². The van der Waals surface area contributed by atoms with Crippen molar-refractivity contribution >= 4 is 11.6 Å². The number of aromatic nitrogens is 4. The van der Waals surface area contributed by atoms with Gasteiger partial charge < -0.3 is 10.6 Å². The van der Waals surface area contributed by atoms with Crippen LogP contribution in [0.2, 0.25) is 0 Å². The van der Waals surface area contributed by atoms with Gasteiger partial charge in [0, 0.05) is 44.5 Å². The maximum Gasteiger partial charge on any atom is 0.134 e. The highest BCUT2D eigenvalue weighted by molar-refractivity contribution is 5.56. The minimum Gasteiger partial charge on any atom is -0.373 e. The molecule has 0 radical (unpaired) electrons. The molecule has 0 bridgehead atoms.